The van der Waals surface area contributed by atoms with Crippen LogP contribution >= 0.6 is 0 Å². The van der Waals surface area contributed by atoms with Crippen molar-refractivity contribution in [2.24, 2.45) is 0 Å². The first kappa shape index (κ1) is 10.6. The zero-order valence-corrected chi connectivity index (χ0v) is 8.20. The van der Waals surface area contributed by atoms with Crippen molar-refractivity contribution in [3.05, 3.63) is 23.2 Å². The van der Waals surface area contributed by atoms with Crippen molar-refractivity contribution in [1.82, 2.24) is 0 Å². The van der Waals surface area contributed by atoms with Crippen molar-refractivity contribution in [3.8, 4) is 12.3 Å². The van der Waals surface area contributed by atoms with Gasteiger partial charge in [0.05, 0.1) is 0 Å². The lowest BCUT2D eigenvalue weighted by molar-refractivity contribution is -0.110. The maximum absolute atomic E-state index is 10.4. The predicted molar refractivity (Wildman–Crippen MR) is 51.6 cm³/mol. The van der Waals surface area contributed by atoms with Crippen LogP contribution in [0.4, 0.5) is 0 Å². The van der Waals surface area contributed by atoms with Crippen molar-refractivity contribution < 1.29 is 14.3 Å². The molecule has 0 amide bonds. The largest absolute Gasteiger partial charge is 0.466 e. The number of hydrogen-bond donors (Lipinski definition) is 1. The van der Waals surface area contributed by atoms with E-state index in [1.165, 1.54) is 0 Å². The number of terminal acetylenes is 1. The minimum absolute atomic E-state index is 0.122. The molecule has 0 aromatic carbocycles. The molecule has 1 atom stereocenters. The Bertz CT molecular complexity index is 384. The van der Waals surface area contributed by atoms with Gasteiger partial charge < -0.3 is 14.3 Å². The van der Waals surface area contributed by atoms with Crippen molar-refractivity contribution in [2.45, 2.75) is 25.9 Å². The van der Waals surface area contributed by atoms with E-state index >= 15 is 0 Å². The third kappa shape index (κ3) is 1.70. The van der Waals surface area contributed by atoms with Crippen LogP contribution < -0.4 is 0 Å². The van der Waals surface area contributed by atoms with Crippen LogP contribution in [0.5, 0.6) is 0 Å². The highest BCUT2D eigenvalue weighted by Crippen LogP contribution is 2.28. The highest BCUT2D eigenvalue weighted by molar-refractivity contribution is 5.55. The van der Waals surface area contributed by atoms with E-state index in [1.807, 2.05) is 0 Å². The molecule has 1 aromatic heterocycles. The highest BCUT2D eigenvalue weighted by atomic mass is 16.3. The first-order chi connectivity index (χ1) is 6.53. The molecular weight excluding hydrogens is 180 g/mol. The van der Waals surface area contributed by atoms with E-state index in [2.05, 4.69) is 5.92 Å². The molecule has 0 bridgehead atoms. The number of aldehydes is 1. The summed E-state index contributed by atoms with van der Waals surface area (Å²) in [5, 5.41) is 9.96. The average molecular weight is 192 g/mol. The van der Waals surface area contributed by atoms with Crippen LogP contribution in [-0.4, -0.2) is 11.4 Å². The van der Waals surface area contributed by atoms with Gasteiger partial charge in [-0.25, -0.2) is 0 Å². The third-order valence-corrected chi connectivity index (χ3v) is 2.10. The number of carbonyl (C=O) groups is 1. The van der Waals surface area contributed by atoms with Crippen LogP contribution in [0.15, 0.2) is 10.5 Å². The quantitative estimate of drug-likeness (QED) is 0.580. The summed E-state index contributed by atoms with van der Waals surface area (Å²) in [5.74, 6) is 3.42. The second-order valence-corrected chi connectivity index (χ2v) is 3.20. The number of rotatable bonds is 3. The summed E-state index contributed by atoms with van der Waals surface area (Å²) >= 11 is 0. The smallest absolute Gasteiger partial charge is 0.160 e. The Labute approximate surface area is 82.7 Å². The molecule has 0 aliphatic heterocycles. The lowest BCUT2D eigenvalue weighted by atomic mass is 9.92. The van der Waals surface area contributed by atoms with Gasteiger partial charge in [-0.15, -0.1) is 6.42 Å². The van der Waals surface area contributed by atoms with E-state index in [9.17, 15) is 9.90 Å². The minimum atomic E-state index is -1.54. The number of aliphatic hydroxyl groups is 1. The first-order valence-electron chi connectivity index (χ1n) is 4.25. The van der Waals surface area contributed by atoms with Gasteiger partial charge in [0.15, 0.2) is 5.60 Å². The lowest BCUT2D eigenvalue weighted by Gasteiger charge is -2.18. The number of aryl methyl sites for hydroxylation is 2. The monoisotopic (exact) mass is 192 g/mol. The fourth-order valence-electron chi connectivity index (χ4n) is 1.41. The Hall–Kier alpha value is -1.53. The summed E-state index contributed by atoms with van der Waals surface area (Å²) in [6.07, 6.45) is 5.68. The molecule has 1 heterocycles. The molecule has 1 unspecified atom stereocenters. The van der Waals surface area contributed by atoms with Crippen LogP contribution in [0.3, 0.4) is 0 Å². The molecule has 14 heavy (non-hydrogen) atoms. The molecular formula is C11H12O3. The van der Waals surface area contributed by atoms with Crippen molar-refractivity contribution in [3.63, 3.8) is 0 Å². The standard InChI is InChI=1S/C11H12O3/c1-4-11(13,5-6-12)10-7-8(2)14-9(10)3/h1,6-7,13H,5H2,2-3H3. The summed E-state index contributed by atoms with van der Waals surface area (Å²) in [6, 6.07) is 1.65. The van der Waals surface area contributed by atoms with E-state index in [4.69, 9.17) is 10.8 Å². The maximum atomic E-state index is 10.4. The second-order valence-electron chi connectivity index (χ2n) is 3.20. The van der Waals surface area contributed by atoms with Gasteiger partial charge in [0.1, 0.15) is 17.8 Å². The number of furan rings is 1. The number of hydrogen-bond acceptors (Lipinski definition) is 3. The SMILES string of the molecule is C#CC(O)(CC=O)c1cc(C)oc1C. The first-order valence-corrected chi connectivity index (χ1v) is 4.25. The molecule has 3 heteroatoms. The van der Waals surface area contributed by atoms with E-state index in [-0.39, 0.29) is 6.42 Å². The van der Waals surface area contributed by atoms with Gasteiger partial charge in [0, 0.05) is 12.0 Å². The fraction of sp³-hybridized carbons (Fsp3) is 0.364. The Morgan fingerprint density at radius 2 is 2.36 bits per heavy atom. The molecule has 3 nitrogen and oxygen atoms in total. The topological polar surface area (TPSA) is 50.4 Å². The van der Waals surface area contributed by atoms with Crippen molar-refractivity contribution in [1.29, 1.82) is 0 Å². The van der Waals surface area contributed by atoms with Gasteiger partial charge in [-0.3, -0.25) is 0 Å². The lowest BCUT2D eigenvalue weighted by Crippen LogP contribution is -2.24. The highest BCUT2D eigenvalue weighted by Gasteiger charge is 2.30. The number of carbonyl (C=O) groups excluding carboxylic acids is 1. The Kier molecular flexibility index (Phi) is 2.78. The van der Waals surface area contributed by atoms with Gasteiger partial charge in [-0.1, -0.05) is 5.92 Å². The summed E-state index contributed by atoms with van der Waals surface area (Å²) < 4.78 is 5.24. The summed E-state index contributed by atoms with van der Waals surface area (Å²) in [4.78, 5) is 10.4. The Balaban J connectivity index is 3.19. The molecule has 1 rings (SSSR count). The fourth-order valence-corrected chi connectivity index (χ4v) is 1.41. The maximum Gasteiger partial charge on any atom is 0.160 e. The minimum Gasteiger partial charge on any atom is -0.466 e. The molecule has 0 fully saturated rings. The normalized spacial score (nSPS) is 14.4. The van der Waals surface area contributed by atoms with Crippen LogP contribution in [0.1, 0.15) is 23.5 Å². The molecule has 0 radical (unpaired) electrons. The van der Waals surface area contributed by atoms with Crippen LogP contribution in [0, 0.1) is 26.2 Å². The zero-order valence-electron chi connectivity index (χ0n) is 8.20. The van der Waals surface area contributed by atoms with Gasteiger partial charge >= 0.3 is 0 Å². The van der Waals surface area contributed by atoms with E-state index in [0.717, 1.165) is 0 Å². The van der Waals surface area contributed by atoms with Gasteiger partial charge in [0.25, 0.3) is 0 Å². The average Bonchev–Trinajstić information content (AvgIpc) is 2.46. The molecule has 1 N–H and O–H groups in total. The van der Waals surface area contributed by atoms with Gasteiger partial charge in [-0.05, 0) is 19.9 Å². The van der Waals surface area contributed by atoms with Crippen molar-refractivity contribution in [2.75, 3.05) is 0 Å². The predicted octanol–water partition coefficient (Wildman–Crippen LogP) is 1.31. The van der Waals surface area contributed by atoms with E-state index in [1.54, 1.807) is 19.9 Å². The molecule has 1 aromatic rings. The second kappa shape index (κ2) is 3.69. The van der Waals surface area contributed by atoms with Gasteiger partial charge in [-0.2, -0.15) is 0 Å². The van der Waals surface area contributed by atoms with E-state index < -0.39 is 5.60 Å². The summed E-state index contributed by atoms with van der Waals surface area (Å²) in [6.45, 7) is 3.46. The summed E-state index contributed by atoms with van der Waals surface area (Å²) in [5.41, 5.74) is -1.05. The summed E-state index contributed by atoms with van der Waals surface area (Å²) in [7, 11) is 0. The van der Waals surface area contributed by atoms with Gasteiger partial charge in [0.2, 0.25) is 0 Å². The van der Waals surface area contributed by atoms with Crippen molar-refractivity contribution >= 4 is 6.29 Å². The molecule has 74 valence electrons. The molecule has 0 aliphatic rings. The van der Waals surface area contributed by atoms with Crippen LogP contribution in [0.2, 0.25) is 0 Å². The molecule has 0 spiro atoms. The Morgan fingerprint density at radius 1 is 1.71 bits per heavy atom. The van der Waals surface area contributed by atoms with Crippen LogP contribution in [0.25, 0.3) is 0 Å². The molecule has 0 saturated carbocycles. The Morgan fingerprint density at radius 3 is 2.71 bits per heavy atom. The van der Waals surface area contributed by atoms with Crippen LogP contribution in [-0.2, 0) is 10.4 Å². The molecule has 0 saturated heterocycles. The third-order valence-electron chi connectivity index (χ3n) is 2.10. The zero-order chi connectivity index (χ0) is 10.8. The van der Waals surface area contributed by atoms with E-state index in [0.29, 0.717) is 23.4 Å². The molecule has 0 aliphatic carbocycles.